The first-order valence-corrected chi connectivity index (χ1v) is 6.66. The Balaban J connectivity index is 2.28. The van der Waals surface area contributed by atoms with Crippen molar-refractivity contribution in [3.05, 3.63) is 10.8 Å². The fourth-order valence-electron chi connectivity index (χ4n) is 1.85. The predicted octanol–water partition coefficient (Wildman–Crippen LogP) is 2.15. The molecule has 0 amide bonds. The van der Waals surface area contributed by atoms with Crippen molar-refractivity contribution >= 4 is 27.6 Å². The molecule has 1 aromatic rings. The summed E-state index contributed by atoms with van der Waals surface area (Å²) in [4.78, 5) is 10.8. The molecule has 0 spiro atoms. The summed E-state index contributed by atoms with van der Waals surface area (Å²) in [5.41, 5.74) is 2.58. The summed E-state index contributed by atoms with van der Waals surface area (Å²) in [7, 11) is 0. The summed E-state index contributed by atoms with van der Waals surface area (Å²) in [5.74, 6) is 7.59. The molecule has 3 N–H and O–H groups in total. The highest BCUT2D eigenvalue weighted by molar-refractivity contribution is 9.10. The van der Waals surface area contributed by atoms with Gasteiger partial charge in [0.2, 0.25) is 0 Å². The van der Waals surface area contributed by atoms with Crippen molar-refractivity contribution < 1.29 is 0 Å². The van der Waals surface area contributed by atoms with Crippen molar-refractivity contribution in [2.24, 2.45) is 11.8 Å². The van der Waals surface area contributed by atoms with Gasteiger partial charge in [0, 0.05) is 12.6 Å². The highest BCUT2D eigenvalue weighted by Gasteiger charge is 2.32. The van der Waals surface area contributed by atoms with Gasteiger partial charge in [-0.05, 0) is 34.7 Å². The Bertz CT molecular complexity index is 391. The third-order valence-corrected chi connectivity index (χ3v) is 3.46. The van der Waals surface area contributed by atoms with Crippen molar-refractivity contribution in [2.75, 3.05) is 16.9 Å². The molecule has 1 saturated carbocycles. The average Bonchev–Trinajstić information content (AvgIpc) is 3.10. The van der Waals surface area contributed by atoms with E-state index in [-0.39, 0.29) is 0 Å². The number of halogens is 1. The second-order valence-electron chi connectivity index (χ2n) is 4.78. The zero-order valence-electron chi connectivity index (χ0n) is 10.2. The van der Waals surface area contributed by atoms with Gasteiger partial charge >= 0.3 is 0 Å². The predicted molar refractivity (Wildman–Crippen MR) is 72.7 cm³/mol. The van der Waals surface area contributed by atoms with E-state index < -0.39 is 0 Å². The number of nitrogens with two attached hydrogens (primary N) is 1. The van der Waals surface area contributed by atoms with Gasteiger partial charge in [0.15, 0.2) is 5.82 Å². The maximum atomic E-state index is 5.42. The Hall–Kier alpha value is -0.880. The van der Waals surface area contributed by atoms with E-state index in [1.807, 2.05) is 0 Å². The first-order chi connectivity index (χ1) is 8.13. The summed E-state index contributed by atoms with van der Waals surface area (Å²) in [6, 6.07) is 0.620. The van der Waals surface area contributed by atoms with Crippen LogP contribution in [0.15, 0.2) is 10.8 Å². The Morgan fingerprint density at radius 1 is 1.53 bits per heavy atom. The van der Waals surface area contributed by atoms with Crippen molar-refractivity contribution in [1.29, 1.82) is 0 Å². The molecule has 0 aromatic carbocycles. The van der Waals surface area contributed by atoms with E-state index in [0.29, 0.717) is 17.8 Å². The molecule has 1 fully saturated rings. The summed E-state index contributed by atoms with van der Waals surface area (Å²) in [6.45, 7) is 5.43. The molecule has 17 heavy (non-hydrogen) atoms. The fourth-order valence-corrected chi connectivity index (χ4v) is 2.40. The summed E-state index contributed by atoms with van der Waals surface area (Å²) < 4.78 is 0.843. The van der Waals surface area contributed by atoms with E-state index >= 15 is 0 Å². The number of hydrogen-bond acceptors (Lipinski definition) is 5. The zero-order chi connectivity index (χ0) is 12.4. The molecule has 0 unspecified atom stereocenters. The van der Waals surface area contributed by atoms with E-state index in [1.165, 1.54) is 12.8 Å². The van der Waals surface area contributed by atoms with Crippen LogP contribution in [0, 0.1) is 5.92 Å². The number of aromatic nitrogens is 2. The third-order valence-electron chi connectivity index (χ3n) is 2.73. The highest BCUT2D eigenvalue weighted by atomic mass is 79.9. The number of nitrogen functional groups attached to an aromatic ring is 1. The van der Waals surface area contributed by atoms with Crippen LogP contribution < -0.4 is 16.2 Å². The van der Waals surface area contributed by atoms with Crippen LogP contribution in [-0.4, -0.2) is 22.6 Å². The minimum absolute atomic E-state index is 0.603. The molecule has 1 aromatic heterocycles. The van der Waals surface area contributed by atoms with Crippen molar-refractivity contribution in [1.82, 2.24) is 9.97 Å². The van der Waals surface area contributed by atoms with Crippen LogP contribution in [0.25, 0.3) is 0 Å². The van der Waals surface area contributed by atoms with Gasteiger partial charge in [0.25, 0.3) is 0 Å². The van der Waals surface area contributed by atoms with Crippen LogP contribution in [-0.2, 0) is 0 Å². The molecular weight excluding hydrogens is 282 g/mol. The monoisotopic (exact) mass is 299 g/mol. The maximum Gasteiger partial charge on any atom is 0.159 e. The second-order valence-corrected chi connectivity index (χ2v) is 5.57. The first kappa shape index (κ1) is 12.6. The molecule has 6 heteroatoms. The summed E-state index contributed by atoms with van der Waals surface area (Å²) >= 11 is 3.52. The van der Waals surface area contributed by atoms with E-state index in [9.17, 15) is 0 Å². The molecule has 94 valence electrons. The molecule has 1 aliphatic carbocycles. The van der Waals surface area contributed by atoms with Crippen LogP contribution in [0.2, 0.25) is 0 Å². The third kappa shape index (κ3) is 2.87. The van der Waals surface area contributed by atoms with E-state index in [2.05, 4.69) is 50.1 Å². The standard InChI is InChI=1S/C11H18BrN5/c1-7(2)5-17(8-3-4-8)11-9(12)10(16-13)14-6-15-11/h6-8H,3-5,13H2,1-2H3,(H,14,15,16). The average molecular weight is 300 g/mol. The van der Waals surface area contributed by atoms with Crippen molar-refractivity contribution in [2.45, 2.75) is 32.7 Å². The number of hydrazine groups is 1. The molecule has 0 radical (unpaired) electrons. The van der Waals surface area contributed by atoms with E-state index in [0.717, 1.165) is 16.8 Å². The SMILES string of the molecule is CC(C)CN(c1ncnc(NN)c1Br)C1CC1. The lowest BCUT2D eigenvalue weighted by molar-refractivity contribution is 0.601. The number of nitrogens with one attached hydrogen (secondary N) is 1. The molecule has 0 atom stereocenters. The van der Waals surface area contributed by atoms with Crippen LogP contribution in [0.5, 0.6) is 0 Å². The second kappa shape index (κ2) is 5.18. The fraction of sp³-hybridized carbons (Fsp3) is 0.636. The number of hydrogen-bond donors (Lipinski definition) is 2. The number of rotatable bonds is 5. The van der Waals surface area contributed by atoms with Gasteiger partial charge in [0.1, 0.15) is 16.6 Å². The molecule has 0 saturated heterocycles. The molecule has 0 bridgehead atoms. The van der Waals surface area contributed by atoms with Gasteiger partial charge in [-0.2, -0.15) is 0 Å². The number of anilines is 2. The minimum Gasteiger partial charge on any atom is -0.352 e. The summed E-state index contributed by atoms with van der Waals surface area (Å²) in [6.07, 6.45) is 4.04. The molecule has 5 nitrogen and oxygen atoms in total. The Kier molecular flexibility index (Phi) is 3.83. The molecular formula is C11H18BrN5. The van der Waals surface area contributed by atoms with Crippen LogP contribution in [0.1, 0.15) is 26.7 Å². The minimum atomic E-state index is 0.603. The lowest BCUT2D eigenvalue weighted by atomic mass is 10.2. The largest absolute Gasteiger partial charge is 0.352 e. The Morgan fingerprint density at radius 2 is 2.24 bits per heavy atom. The summed E-state index contributed by atoms with van der Waals surface area (Å²) in [5, 5.41) is 0. The smallest absolute Gasteiger partial charge is 0.159 e. The molecule has 1 aliphatic rings. The normalized spacial score (nSPS) is 15.1. The van der Waals surface area contributed by atoms with Gasteiger partial charge in [-0.25, -0.2) is 15.8 Å². The lowest BCUT2D eigenvalue weighted by Gasteiger charge is -2.26. The van der Waals surface area contributed by atoms with Crippen LogP contribution in [0.4, 0.5) is 11.6 Å². The first-order valence-electron chi connectivity index (χ1n) is 5.87. The highest BCUT2D eigenvalue weighted by Crippen LogP contribution is 2.36. The molecule has 2 rings (SSSR count). The number of nitrogens with zero attached hydrogens (tertiary/aromatic N) is 3. The van der Waals surface area contributed by atoms with Crippen LogP contribution in [0.3, 0.4) is 0 Å². The quantitative estimate of drug-likeness (QED) is 0.644. The molecule has 1 heterocycles. The van der Waals surface area contributed by atoms with Gasteiger partial charge < -0.3 is 10.3 Å². The lowest BCUT2D eigenvalue weighted by Crippen LogP contribution is -2.31. The topological polar surface area (TPSA) is 67.1 Å². The van der Waals surface area contributed by atoms with Gasteiger partial charge in [-0.1, -0.05) is 13.8 Å². The Labute approximate surface area is 110 Å². The maximum absolute atomic E-state index is 5.42. The van der Waals surface area contributed by atoms with Crippen LogP contribution >= 0.6 is 15.9 Å². The molecule has 0 aliphatic heterocycles. The van der Waals surface area contributed by atoms with Gasteiger partial charge in [-0.15, -0.1) is 0 Å². The Morgan fingerprint density at radius 3 is 2.76 bits per heavy atom. The van der Waals surface area contributed by atoms with Crippen molar-refractivity contribution in [3.63, 3.8) is 0 Å². The van der Waals surface area contributed by atoms with Gasteiger partial charge in [0.05, 0.1) is 0 Å². The van der Waals surface area contributed by atoms with Crippen molar-refractivity contribution in [3.8, 4) is 0 Å². The van der Waals surface area contributed by atoms with E-state index in [1.54, 1.807) is 6.33 Å². The zero-order valence-corrected chi connectivity index (χ0v) is 11.7. The van der Waals surface area contributed by atoms with Gasteiger partial charge in [-0.3, -0.25) is 0 Å². The van der Waals surface area contributed by atoms with E-state index in [4.69, 9.17) is 5.84 Å².